The van der Waals surface area contributed by atoms with Gasteiger partial charge in [-0.3, -0.25) is 10.0 Å². The van der Waals surface area contributed by atoms with Gasteiger partial charge in [-0.05, 0) is 43.0 Å². The Hall–Kier alpha value is -2.53. The monoisotopic (exact) mass is 299 g/mol. The highest BCUT2D eigenvalue weighted by molar-refractivity contribution is 5.85. The summed E-state index contributed by atoms with van der Waals surface area (Å²) in [4.78, 5) is 11.9. The lowest BCUT2D eigenvalue weighted by molar-refractivity contribution is -0.130. The average Bonchev–Trinajstić information content (AvgIpc) is 2.54. The topological polar surface area (TPSA) is 87.4 Å². The van der Waals surface area contributed by atoms with Gasteiger partial charge in [-0.1, -0.05) is 36.4 Å². The molecule has 0 aliphatic carbocycles. The predicted molar refractivity (Wildman–Crippen MR) is 87.7 cm³/mol. The van der Waals surface area contributed by atoms with Crippen molar-refractivity contribution in [3.05, 3.63) is 59.7 Å². The van der Waals surface area contributed by atoms with E-state index >= 15 is 0 Å². The summed E-state index contributed by atoms with van der Waals surface area (Å²) in [5.41, 5.74) is 11.1. The molecule has 1 amide bonds. The first kappa shape index (κ1) is 15.9. The Labute approximate surface area is 130 Å². The van der Waals surface area contributed by atoms with Gasteiger partial charge in [0.05, 0.1) is 11.4 Å². The minimum absolute atomic E-state index is 0.475. The van der Waals surface area contributed by atoms with Crippen molar-refractivity contribution >= 4 is 17.3 Å². The molecule has 0 saturated carbocycles. The van der Waals surface area contributed by atoms with E-state index < -0.39 is 11.9 Å². The van der Waals surface area contributed by atoms with Crippen LogP contribution < -0.4 is 16.5 Å². The maximum absolute atomic E-state index is 11.9. The van der Waals surface area contributed by atoms with Crippen molar-refractivity contribution in [3.8, 4) is 0 Å². The maximum atomic E-state index is 11.9. The summed E-state index contributed by atoms with van der Waals surface area (Å²) < 4.78 is 0. The lowest BCUT2D eigenvalue weighted by Gasteiger charge is -2.19. The van der Waals surface area contributed by atoms with E-state index in [9.17, 15) is 4.79 Å². The van der Waals surface area contributed by atoms with Crippen molar-refractivity contribution in [1.29, 1.82) is 0 Å². The van der Waals surface area contributed by atoms with E-state index in [1.807, 2.05) is 49.4 Å². The molecule has 0 saturated heterocycles. The summed E-state index contributed by atoms with van der Waals surface area (Å²) in [5, 5.41) is 12.0. The number of carbonyl (C=O) groups excluding carboxylic acids is 1. The van der Waals surface area contributed by atoms with Gasteiger partial charge in [0.1, 0.15) is 6.04 Å². The third-order valence-electron chi connectivity index (χ3n) is 3.53. The number of carbonyl (C=O) groups is 1. The molecule has 5 nitrogen and oxygen atoms in total. The summed E-state index contributed by atoms with van der Waals surface area (Å²) in [5.74, 6) is -0.475. The van der Waals surface area contributed by atoms with E-state index in [1.165, 1.54) is 0 Å². The van der Waals surface area contributed by atoms with Crippen molar-refractivity contribution < 1.29 is 10.0 Å². The normalized spacial score (nSPS) is 11.7. The van der Waals surface area contributed by atoms with Crippen LogP contribution in [-0.4, -0.2) is 17.2 Å². The predicted octanol–water partition coefficient (Wildman–Crippen LogP) is 2.50. The number of hydroxylamine groups is 1. The molecule has 0 unspecified atom stereocenters. The number of anilines is 2. The first-order valence-electron chi connectivity index (χ1n) is 7.20. The molecule has 5 heteroatoms. The van der Waals surface area contributed by atoms with Crippen LogP contribution in [0.5, 0.6) is 0 Å². The minimum Gasteiger partial charge on any atom is -0.397 e. The lowest BCUT2D eigenvalue weighted by Crippen LogP contribution is -2.38. The van der Waals surface area contributed by atoms with E-state index in [-0.39, 0.29) is 0 Å². The largest absolute Gasteiger partial charge is 0.397 e. The fourth-order valence-corrected chi connectivity index (χ4v) is 2.29. The third-order valence-corrected chi connectivity index (χ3v) is 3.53. The van der Waals surface area contributed by atoms with Crippen LogP contribution in [0.3, 0.4) is 0 Å². The minimum atomic E-state index is -0.561. The maximum Gasteiger partial charge on any atom is 0.265 e. The van der Waals surface area contributed by atoms with Crippen LogP contribution in [0.1, 0.15) is 17.5 Å². The summed E-state index contributed by atoms with van der Waals surface area (Å²) in [6.07, 6.45) is 1.27. The van der Waals surface area contributed by atoms with E-state index in [0.29, 0.717) is 17.8 Å². The number of rotatable bonds is 6. The second-order valence-corrected chi connectivity index (χ2v) is 5.29. The standard InChI is InChI=1S/C17H21N3O2/c1-12-7-9-14(18)16(11-12)19-15(17(21)20-22)10-8-13-5-3-2-4-6-13/h2-7,9,11,15,19,22H,8,10,18H2,1H3,(H,20,21)/t15-/m0/s1. The quantitative estimate of drug-likeness (QED) is 0.375. The van der Waals surface area contributed by atoms with Gasteiger partial charge >= 0.3 is 0 Å². The van der Waals surface area contributed by atoms with Crippen molar-refractivity contribution in [3.63, 3.8) is 0 Å². The van der Waals surface area contributed by atoms with Crippen LogP contribution in [0, 0.1) is 6.92 Å². The van der Waals surface area contributed by atoms with E-state index in [0.717, 1.165) is 17.5 Å². The molecule has 0 aliphatic heterocycles. The highest BCUT2D eigenvalue weighted by Crippen LogP contribution is 2.21. The second kappa shape index (κ2) is 7.47. The van der Waals surface area contributed by atoms with E-state index in [4.69, 9.17) is 10.9 Å². The molecule has 0 spiro atoms. The SMILES string of the molecule is Cc1ccc(N)c(N[C@@H](CCc2ccccc2)C(=O)NO)c1. The molecule has 2 aromatic rings. The Balaban J connectivity index is 2.09. The third kappa shape index (κ3) is 4.23. The number of amides is 1. The number of nitrogens with one attached hydrogen (secondary N) is 2. The van der Waals surface area contributed by atoms with Crippen LogP contribution in [0.2, 0.25) is 0 Å². The number of nitrogen functional groups attached to an aromatic ring is 1. The fraction of sp³-hybridized carbons (Fsp3) is 0.235. The highest BCUT2D eigenvalue weighted by atomic mass is 16.5. The zero-order valence-electron chi connectivity index (χ0n) is 12.5. The van der Waals surface area contributed by atoms with Crippen LogP contribution >= 0.6 is 0 Å². The van der Waals surface area contributed by atoms with E-state index in [1.54, 1.807) is 11.5 Å². The summed E-state index contributed by atoms with van der Waals surface area (Å²) >= 11 is 0. The van der Waals surface area contributed by atoms with Gasteiger partial charge in [0, 0.05) is 0 Å². The van der Waals surface area contributed by atoms with Crippen molar-refractivity contribution in [1.82, 2.24) is 5.48 Å². The molecule has 0 radical (unpaired) electrons. The first-order chi connectivity index (χ1) is 10.6. The molecular weight excluding hydrogens is 278 g/mol. The van der Waals surface area contributed by atoms with Crippen molar-refractivity contribution in [2.24, 2.45) is 0 Å². The van der Waals surface area contributed by atoms with Gasteiger partial charge in [-0.15, -0.1) is 0 Å². The van der Waals surface area contributed by atoms with Gasteiger partial charge in [0.2, 0.25) is 0 Å². The number of hydrogen-bond acceptors (Lipinski definition) is 4. The molecule has 2 rings (SSSR count). The van der Waals surface area contributed by atoms with Crippen LogP contribution in [0.25, 0.3) is 0 Å². The summed E-state index contributed by atoms with van der Waals surface area (Å²) in [6, 6.07) is 14.9. The molecule has 116 valence electrons. The molecular formula is C17H21N3O2. The summed E-state index contributed by atoms with van der Waals surface area (Å²) in [6.45, 7) is 1.95. The van der Waals surface area contributed by atoms with E-state index in [2.05, 4.69) is 5.32 Å². The van der Waals surface area contributed by atoms with Crippen molar-refractivity contribution in [2.45, 2.75) is 25.8 Å². The molecule has 0 bridgehead atoms. The van der Waals surface area contributed by atoms with Gasteiger partial charge in [0.25, 0.3) is 5.91 Å². The molecule has 5 N–H and O–H groups in total. The molecule has 0 fully saturated rings. The zero-order chi connectivity index (χ0) is 15.9. The Bertz CT molecular complexity index is 629. The number of benzene rings is 2. The van der Waals surface area contributed by atoms with Gasteiger partial charge < -0.3 is 11.1 Å². The van der Waals surface area contributed by atoms with Crippen LogP contribution in [0.4, 0.5) is 11.4 Å². The number of hydrogen-bond donors (Lipinski definition) is 4. The molecule has 0 aromatic heterocycles. The Morgan fingerprint density at radius 3 is 2.64 bits per heavy atom. The van der Waals surface area contributed by atoms with Gasteiger partial charge in [-0.2, -0.15) is 0 Å². The Morgan fingerprint density at radius 1 is 1.23 bits per heavy atom. The molecule has 22 heavy (non-hydrogen) atoms. The fourth-order valence-electron chi connectivity index (χ4n) is 2.29. The average molecular weight is 299 g/mol. The smallest absolute Gasteiger partial charge is 0.265 e. The van der Waals surface area contributed by atoms with Crippen molar-refractivity contribution in [2.75, 3.05) is 11.1 Å². The Kier molecular flexibility index (Phi) is 5.38. The van der Waals surface area contributed by atoms with Gasteiger partial charge in [0.15, 0.2) is 0 Å². The number of nitrogens with two attached hydrogens (primary N) is 1. The molecule has 2 aromatic carbocycles. The highest BCUT2D eigenvalue weighted by Gasteiger charge is 2.18. The Morgan fingerprint density at radius 2 is 1.95 bits per heavy atom. The van der Waals surface area contributed by atoms with Crippen LogP contribution in [0.15, 0.2) is 48.5 Å². The molecule has 0 aliphatic rings. The van der Waals surface area contributed by atoms with Gasteiger partial charge in [-0.25, -0.2) is 5.48 Å². The zero-order valence-corrected chi connectivity index (χ0v) is 12.5. The number of aryl methyl sites for hydroxylation is 2. The lowest BCUT2D eigenvalue weighted by atomic mass is 10.0. The molecule has 1 atom stereocenters. The first-order valence-corrected chi connectivity index (χ1v) is 7.20. The van der Waals surface area contributed by atoms with Crippen LogP contribution in [-0.2, 0) is 11.2 Å². The second-order valence-electron chi connectivity index (χ2n) is 5.29. The summed E-state index contributed by atoms with van der Waals surface area (Å²) in [7, 11) is 0. The molecule has 0 heterocycles.